The molecule has 6 nitrogen and oxygen atoms in total. The number of ether oxygens (including phenoxy) is 2. The minimum absolute atomic E-state index is 0.0237. The molecular weight excluding hydrogens is 428 g/mol. The van der Waals surface area contributed by atoms with E-state index in [-0.39, 0.29) is 17.9 Å². The van der Waals surface area contributed by atoms with Crippen LogP contribution in [0.4, 0.5) is 0 Å². The molecule has 0 spiro atoms. The van der Waals surface area contributed by atoms with Crippen LogP contribution in [0.3, 0.4) is 0 Å². The van der Waals surface area contributed by atoms with Gasteiger partial charge in [0, 0.05) is 19.0 Å². The molecule has 2 aromatic rings. The van der Waals surface area contributed by atoms with Gasteiger partial charge in [-0.3, -0.25) is 9.59 Å². The average molecular weight is 465 g/mol. The van der Waals surface area contributed by atoms with E-state index in [1.54, 1.807) is 4.90 Å². The molecule has 1 fully saturated rings. The Morgan fingerprint density at radius 3 is 2.53 bits per heavy atom. The summed E-state index contributed by atoms with van der Waals surface area (Å²) in [4.78, 5) is 28.3. The summed E-state index contributed by atoms with van der Waals surface area (Å²) >= 11 is 0. The summed E-state index contributed by atoms with van der Waals surface area (Å²) in [6.07, 6.45) is 6.49. The van der Waals surface area contributed by atoms with E-state index in [1.807, 2.05) is 56.3 Å². The van der Waals surface area contributed by atoms with Gasteiger partial charge in [-0.15, -0.1) is 0 Å². The van der Waals surface area contributed by atoms with E-state index < -0.39 is 6.04 Å². The number of carbonyl (C=O) groups is 2. The molecule has 0 aromatic heterocycles. The van der Waals surface area contributed by atoms with E-state index in [0.29, 0.717) is 32.6 Å². The largest absolute Gasteiger partial charge is 0.486 e. The fourth-order valence-electron chi connectivity index (χ4n) is 4.76. The third-order valence-corrected chi connectivity index (χ3v) is 6.95. The second-order valence-electron chi connectivity index (χ2n) is 9.45. The third kappa shape index (κ3) is 6.10. The van der Waals surface area contributed by atoms with Crippen molar-refractivity contribution in [3.8, 4) is 11.5 Å². The molecule has 1 aliphatic heterocycles. The maximum atomic E-state index is 13.4. The highest BCUT2D eigenvalue weighted by atomic mass is 16.6. The van der Waals surface area contributed by atoms with Gasteiger partial charge in [0.05, 0.1) is 0 Å². The number of rotatable bonds is 8. The molecule has 1 saturated carbocycles. The fraction of sp³-hybridized carbons (Fsp3) is 0.500. The highest BCUT2D eigenvalue weighted by Crippen LogP contribution is 2.31. The van der Waals surface area contributed by atoms with Crippen LogP contribution < -0.4 is 14.8 Å². The number of nitrogens with one attached hydrogen (secondary N) is 1. The molecule has 2 aromatic carbocycles. The molecular formula is C28H36N2O4. The van der Waals surface area contributed by atoms with Crippen LogP contribution in [0.15, 0.2) is 42.5 Å². The normalized spacial score (nSPS) is 16.5. The maximum Gasteiger partial charge on any atom is 0.242 e. The summed E-state index contributed by atoms with van der Waals surface area (Å²) in [6, 6.07) is 13.6. The van der Waals surface area contributed by atoms with E-state index in [9.17, 15) is 9.59 Å². The van der Waals surface area contributed by atoms with Gasteiger partial charge in [-0.2, -0.15) is 0 Å². The highest BCUT2D eigenvalue weighted by Gasteiger charge is 2.28. The lowest BCUT2D eigenvalue weighted by Crippen LogP contribution is -2.50. The summed E-state index contributed by atoms with van der Waals surface area (Å²) in [6.45, 7) is 5.40. The zero-order chi connectivity index (χ0) is 23.9. The second-order valence-corrected chi connectivity index (χ2v) is 9.45. The minimum atomic E-state index is -0.533. The van der Waals surface area contributed by atoms with Gasteiger partial charge in [0.15, 0.2) is 11.5 Å². The molecule has 0 radical (unpaired) electrons. The molecule has 0 unspecified atom stereocenters. The van der Waals surface area contributed by atoms with Gasteiger partial charge < -0.3 is 19.7 Å². The van der Waals surface area contributed by atoms with Crippen LogP contribution in [-0.4, -0.2) is 42.0 Å². The number of fused-ring (bicyclic) bond motifs is 1. The first-order valence-electron chi connectivity index (χ1n) is 12.5. The predicted octanol–water partition coefficient (Wildman–Crippen LogP) is 4.57. The van der Waals surface area contributed by atoms with Crippen LogP contribution in [0, 0.1) is 6.92 Å². The molecule has 182 valence electrons. The number of benzene rings is 2. The molecule has 0 bridgehead atoms. The quantitative estimate of drug-likeness (QED) is 0.622. The number of carbonyl (C=O) groups excluding carboxylic acids is 2. The Bertz CT molecular complexity index is 1000. The van der Waals surface area contributed by atoms with Gasteiger partial charge in [-0.05, 0) is 61.9 Å². The van der Waals surface area contributed by atoms with E-state index in [1.165, 1.54) is 6.42 Å². The fourth-order valence-corrected chi connectivity index (χ4v) is 4.76. The summed E-state index contributed by atoms with van der Waals surface area (Å²) < 4.78 is 11.3. The average Bonchev–Trinajstić information content (AvgIpc) is 2.87. The molecule has 1 heterocycles. The topological polar surface area (TPSA) is 67.9 Å². The number of nitrogens with zero attached hydrogens (tertiary/aromatic N) is 1. The summed E-state index contributed by atoms with van der Waals surface area (Å²) in [5, 5.41) is 3.20. The molecule has 4 rings (SSSR count). The first-order chi connectivity index (χ1) is 16.5. The van der Waals surface area contributed by atoms with Crippen LogP contribution in [0.25, 0.3) is 0 Å². The minimum Gasteiger partial charge on any atom is -0.486 e. The van der Waals surface area contributed by atoms with Gasteiger partial charge in [0.1, 0.15) is 19.3 Å². The van der Waals surface area contributed by atoms with Crippen molar-refractivity contribution >= 4 is 11.8 Å². The van der Waals surface area contributed by atoms with Crippen LogP contribution >= 0.6 is 0 Å². The number of hydrogen-bond donors (Lipinski definition) is 1. The van der Waals surface area contributed by atoms with E-state index >= 15 is 0 Å². The van der Waals surface area contributed by atoms with Gasteiger partial charge >= 0.3 is 0 Å². The van der Waals surface area contributed by atoms with Crippen molar-refractivity contribution in [3.05, 3.63) is 59.2 Å². The van der Waals surface area contributed by atoms with Crippen molar-refractivity contribution in [2.24, 2.45) is 0 Å². The molecule has 1 aliphatic carbocycles. The molecule has 2 amide bonds. The Kier molecular flexibility index (Phi) is 8.09. The van der Waals surface area contributed by atoms with Crippen LogP contribution in [0.2, 0.25) is 0 Å². The Hall–Kier alpha value is -3.02. The first kappa shape index (κ1) is 24.1. The number of aryl methyl sites for hydroxylation is 2. The van der Waals surface area contributed by atoms with Crippen molar-refractivity contribution in [3.63, 3.8) is 0 Å². The zero-order valence-corrected chi connectivity index (χ0v) is 20.3. The Morgan fingerprint density at radius 1 is 1.03 bits per heavy atom. The highest BCUT2D eigenvalue weighted by molar-refractivity contribution is 5.87. The Labute approximate surface area is 202 Å². The molecule has 6 heteroatoms. The zero-order valence-electron chi connectivity index (χ0n) is 20.3. The standard InChI is InChI=1S/C28H36N2O4/c1-20-8-6-7-9-23(20)19-30(21(2)28(32)29-24-10-4-3-5-11-24)27(31)15-13-22-12-14-25-26(18-22)34-17-16-33-25/h6-9,12,14,18,21,24H,3-5,10-11,13,15-17,19H2,1-2H3,(H,29,32)/t21-/m0/s1. The number of hydrogen-bond acceptors (Lipinski definition) is 4. The molecule has 1 N–H and O–H groups in total. The lowest BCUT2D eigenvalue weighted by molar-refractivity contribution is -0.141. The molecule has 34 heavy (non-hydrogen) atoms. The van der Waals surface area contributed by atoms with Crippen molar-refractivity contribution in [2.75, 3.05) is 13.2 Å². The van der Waals surface area contributed by atoms with Gasteiger partial charge in [-0.1, -0.05) is 49.6 Å². The predicted molar refractivity (Wildman–Crippen MR) is 132 cm³/mol. The molecule has 0 saturated heterocycles. The van der Waals surface area contributed by atoms with E-state index in [2.05, 4.69) is 5.32 Å². The van der Waals surface area contributed by atoms with E-state index in [0.717, 1.165) is 53.9 Å². The Balaban J connectivity index is 1.45. The maximum absolute atomic E-state index is 13.4. The SMILES string of the molecule is Cc1ccccc1CN(C(=O)CCc1ccc2c(c1)OCCO2)[C@@H](C)C(=O)NC1CCCCC1. The van der Waals surface area contributed by atoms with Crippen LogP contribution in [-0.2, 0) is 22.6 Å². The van der Waals surface area contributed by atoms with Gasteiger partial charge in [0.25, 0.3) is 0 Å². The second kappa shape index (κ2) is 11.4. The van der Waals surface area contributed by atoms with Gasteiger partial charge in [-0.25, -0.2) is 0 Å². The smallest absolute Gasteiger partial charge is 0.242 e. The lowest BCUT2D eigenvalue weighted by Gasteiger charge is -2.31. The van der Waals surface area contributed by atoms with Crippen molar-refractivity contribution in [2.45, 2.75) is 77.4 Å². The van der Waals surface area contributed by atoms with Crippen molar-refractivity contribution in [1.29, 1.82) is 0 Å². The molecule has 1 atom stereocenters. The van der Waals surface area contributed by atoms with Crippen molar-refractivity contribution < 1.29 is 19.1 Å². The monoisotopic (exact) mass is 464 g/mol. The van der Waals surface area contributed by atoms with Crippen LogP contribution in [0.1, 0.15) is 62.1 Å². The number of amides is 2. The van der Waals surface area contributed by atoms with Gasteiger partial charge in [0.2, 0.25) is 11.8 Å². The van der Waals surface area contributed by atoms with Crippen LogP contribution in [0.5, 0.6) is 11.5 Å². The Morgan fingerprint density at radius 2 is 1.76 bits per heavy atom. The third-order valence-electron chi connectivity index (χ3n) is 6.95. The first-order valence-corrected chi connectivity index (χ1v) is 12.5. The summed E-state index contributed by atoms with van der Waals surface area (Å²) in [5.74, 6) is 1.39. The van der Waals surface area contributed by atoms with E-state index in [4.69, 9.17) is 9.47 Å². The molecule has 2 aliphatic rings. The van der Waals surface area contributed by atoms with Crippen molar-refractivity contribution in [1.82, 2.24) is 10.2 Å². The lowest BCUT2D eigenvalue weighted by atomic mass is 9.95. The summed E-state index contributed by atoms with van der Waals surface area (Å²) in [5.41, 5.74) is 3.20. The summed E-state index contributed by atoms with van der Waals surface area (Å²) in [7, 11) is 0.